The van der Waals surface area contributed by atoms with Crippen molar-refractivity contribution in [2.45, 2.75) is 0 Å². The van der Waals surface area contributed by atoms with E-state index in [4.69, 9.17) is 4.74 Å². The summed E-state index contributed by atoms with van der Waals surface area (Å²) in [6, 6.07) is 12.9. The lowest BCUT2D eigenvalue weighted by Crippen LogP contribution is -2.31. The van der Waals surface area contributed by atoms with Gasteiger partial charge in [0.2, 0.25) is 11.0 Å². The molecule has 0 spiro atoms. The van der Waals surface area contributed by atoms with Crippen molar-refractivity contribution in [2.24, 2.45) is 7.05 Å². The Balaban J connectivity index is 2.58. The summed E-state index contributed by atoms with van der Waals surface area (Å²) in [5.74, 6) is -0.211. The lowest BCUT2D eigenvalue weighted by Gasteiger charge is -2.08. The second-order valence-corrected chi connectivity index (χ2v) is 4.64. The third-order valence-corrected chi connectivity index (χ3v) is 3.58. The number of para-hydroxylation sites is 1. The molecular weight excluding hydrogens is 254 g/mol. The number of carbonyl (C=O) groups is 1. The van der Waals surface area contributed by atoms with E-state index in [-0.39, 0.29) is 0 Å². The molecule has 4 nitrogen and oxygen atoms in total. The van der Waals surface area contributed by atoms with Crippen molar-refractivity contribution in [1.82, 2.24) is 0 Å². The molecule has 0 unspecified atom stereocenters. The fraction of sp³-hybridized carbons (Fsp3) is 0.125. The van der Waals surface area contributed by atoms with E-state index in [0.717, 1.165) is 16.4 Å². The van der Waals surface area contributed by atoms with Crippen LogP contribution in [0, 0.1) is 0 Å². The zero-order valence-corrected chi connectivity index (χ0v) is 11.3. The van der Waals surface area contributed by atoms with E-state index in [1.54, 1.807) is 19.2 Å². The predicted octanol–water partition coefficient (Wildman–Crippen LogP) is 2.52. The Labute approximate surface area is 115 Å². The first kappa shape index (κ1) is 12.4. The summed E-state index contributed by atoms with van der Waals surface area (Å²) in [7, 11) is 3.52. The lowest BCUT2D eigenvalue weighted by molar-refractivity contribution is -0.617. The van der Waals surface area contributed by atoms with Crippen molar-refractivity contribution in [2.75, 3.05) is 7.11 Å². The second kappa shape index (κ2) is 4.49. The van der Waals surface area contributed by atoms with Gasteiger partial charge in [-0.25, -0.2) is 4.79 Å². The molecule has 0 fully saturated rings. The van der Waals surface area contributed by atoms with Crippen LogP contribution in [-0.4, -0.2) is 18.2 Å². The molecule has 20 heavy (non-hydrogen) atoms. The fourth-order valence-electron chi connectivity index (χ4n) is 2.61. The number of carboxylic acids is 1. The average Bonchev–Trinajstić information content (AvgIpc) is 2.47. The summed E-state index contributed by atoms with van der Waals surface area (Å²) < 4.78 is 7.21. The van der Waals surface area contributed by atoms with E-state index in [0.29, 0.717) is 16.7 Å². The highest BCUT2D eigenvalue weighted by atomic mass is 16.5. The summed E-state index contributed by atoms with van der Waals surface area (Å²) in [6.07, 6.45) is 0. The number of methoxy groups -OCH3 is 1. The molecule has 1 heterocycles. The van der Waals surface area contributed by atoms with Gasteiger partial charge >= 0.3 is 5.97 Å². The number of hydrogen-bond acceptors (Lipinski definition) is 2. The van der Waals surface area contributed by atoms with Crippen molar-refractivity contribution in [3.8, 4) is 5.75 Å². The monoisotopic (exact) mass is 268 g/mol. The van der Waals surface area contributed by atoms with E-state index in [9.17, 15) is 9.90 Å². The minimum absolute atomic E-state index is 0.330. The molecule has 0 radical (unpaired) electrons. The standard InChI is InChI=1S/C16H13NO3/c1-17-13-6-4-3-5-11(13)15(16(18)19)12-8-7-10(20-2)9-14(12)17/h3-9H,1-2H3/p+1. The highest BCUT2D eigenvalue weighted by Crippen LogP contribution is 2.27. The Morgan fingerprint density at radius 2 is 1.80 bits per heavy atom. The first-order chi connectivity index (χ1) is 9.63. The normalized spacial score (nSPS) is 10.9. The summed E-state index contributed by atoms with van der Waals surface area (Å²) >= 11 is 0. The summed E-state index contributed by atoms with van der Waals surface area (Å²) in [4.78, 5) is 11.7. The van der Waals surface area contributed by atoms with Crippen molar-refractivity contribution < 1.29 is 19.2 Å². The summed E-state index contributed by atoms with van der Waals surface area (Å²) in [5, 5.41) is 11.0. The molecule has 3 aromatic rings. The lowest BCUT2D eigenvalue weighted by atomic mass is 10.0. The number of aromatic nitrogens is 1. The van der Waals surface area contributed by atoms with Gasteiger partial charge in [0.15, 0.2) is 0 Å². The highest BCUT2D eigenvalue weighted by Gasteiger charge is 2.22. The average molecular weight is 268 g/mol. The predicted molar refractivity (Wildman–Crippen MR) is 76.1 cm³/mol. The molecule has 3 rings (SSSR count). The number of ether oxygens (including phenoxy) is 1. The molecule has 1 aromatic heterocycles. The maximum Gasteiger partial charge on any atom is 0.337 e. The number of hydrogen-bond donors (Lipinski definition) is 1. The molecular formula is C16H14NO3+. The van der Waals surface area contributed by atoms with Gasteiger partial charge in [-0.3, -0.25) is 0 Å². The smallest absolute Gasteiger partial charge is 0.337 e. The van der Waals surface area contributed by atoms with Crippen LogP contribution in [0.4, 0.5) is 0 Å². The van der Waals surface area contributed by atoms with Crippen LogP contribution in [0.25, 0.3) is 21.8 Å². The molecule has 1 N–H and O–H groups in total. The van der Waals surface area contributed by atoms with E-state index in [2.05, 4.69) is 0 Å². The first-order valence-electron chi connectivity index (χ1n) is 6.25. The molecule has 0 atom stereocenters. The van der Waals surface area contributed by atoms with Gasteiger partial charge in [-0.1, -0.05) is 12.1 Å². The Morgan fingerprint density at radius 1 is 1.10 bits per heavy atom. The van der Waals surface area contributed by atoms with Gasteiger partial charge in [0.1, 0.15) is 12.8 Å². The zero-order chi connectivity index (χ0) is 14.3. The third kappa shape index (κ3) is 1.69. The Bertz CT molecular complexity index is 840. The molecule has 0 aliphatic carbocycles. The summed E-state index contributed by atoms with van der Waals surface area (Å²) in [5.41, 5.74) is 2.04. The Kier molecular flexibility index (Phi) is 2.79. The van der Waals surface area contributed by atoms with Crippen molar-refractivity contribution in [3.63, 3.8) is 0 Å². The maximum absolute atomic E-state index is 11.7. The highest BCUT2D eigenvalue weighted by molar-refractivity contribution is 6.12. The van der Waals surface area contributed by atoms with Crippen LogP contribution in [-0.2, 0) is 7.05 Å². The minimum Gasteiger partial charge on any atom is -0.497 e. The number of fused-ring (bicyclic) bond motifs is 2. The van der Waals surface area contributed by atoms with Crippen LogP contribution < -0.4 is 9.30 Å². The molecule has 0 amide bonds. The maximum atomic E-state index is 11.7. The number of benzene rings is 2. The van der Waals surface area contributed by atoms with Crippen LogP contribution in [0.15, 0.2) is 42.5 Å². The van der Waals surface area contributed by atoms with Gasteiger partial charge in [0.25, 0.3) is 0 Å². The van der Waals surface area contributed by atoms with Crippen LogP contribution in [0.1, 0.15) is 10.4 Å². The Morgan fingerprint density at radius 3 is 2.50 bits per heavy atom. The van der Waals surface area contributed by atoms with Crippen LogP contribution in [0.3, 0.4) is 0 Å². The molecule has 2 aromatic carbocycles. The zero-order valence-electron chi connectivity index (χ0n) is 11.3. The SMILES string of the molecule is COc1ccc2c(C(=O)O)c3ccccc3[n+](C)c2c1. The Hall–Kier alpha value is -2.62. The molecule has 0 aliphatic rings. The number of nitrogens with zero attached hydrogens (tertiary/aromatic N) is 1. The van der Waals surface area contributed by atoms with Gasteiger partial charge in [0, 0.05) is 6.07 Å². The fourth-order valence-corrected chi connectivity index (χ4v) is 2.61. The number of aromatic carboxylic acids is 1. The number of carboxylic acid groups (broad SMARTS) is 1. The van der Waals surface area contributed by atoms with E-state index in [1.807, 2.05) is 41.9 Å². The van der Waals surface area contributed by atoms with Gasteiger partial charge < -0.3 is 9.84 Å². The molecule has 0 saturated carbocycles. The van der Waals surface area contributed by atoms with Crippen molar-refractivity contribution in [3.05, 3.63) is 48.0 Å². The number of pyridine rings is 1. The number of aryl methyl sites for hydroxylation is 1. The first-order valence-corrected chi connectivity index (χ1v) is 6.25. The van der Waals surface area contributed by atoms with Crippen LogP contribution in [0.5, 0.6) is 5.75 Å². The molecule has 0 aliphatic heterocycles. The van der Waals surface area contributed by atoms with E-state index in [1.165, 1.54) is 0 Å². The van der Waals surface area contributed by atoms with Crippen LogP contribution in [0.2, 0.25) is 0 Å². The third-order valence-electron chi connectivity index (χ3n) is 3.58. The van der Waals surface area contributed by atoms with Crippen LogP contribution >= 0.6 is 0 Å². The molecule has 0 saturated heterocycles. The topological polar surface area (TPSA) is 50.4 Å². The second-order valence-electron chi connectivity index (χ2n) is 4.64. The van der Waals surface area contributed by atoms with Gasteiger partial charge in [-0.05, 0) is 18.2 Å². The van der Waals surface area contributed by atoms with Gasteiger partial charge in [-0.2, -0.15) is 4.57 Å². The van der Waals surface area contributed by atoms with Crippen molar-refractivity contribution >= 4 is 27.8 Å². The van der Waals surface area contributed by atoms with Gasteiger partial charge in [-0.15, -0.1) is 0 Å². The van der Waals surface area contributed by atoms with Crippen molar-refractivity contribution in [1.29, 1.82) is 0 Å². The quantitative estimate of drug-likeness (QED) is 0.574. The van der Waals surface area contributed by atoms with E-state index >= 15 is 0 Å². The summed E-state index contributed by atoms with van der Waals surface area (Å²) in [6.45, 7) is 0. The molecule has 0 bridgehead atoms. The largest absolute Gasteiger partial charge is 0.497 e. The molecule has 4 heteroatoms. The van der Waals surface area contributed by atoms with E-state index < -0.39 is 5.97 Å². The molecule has 100 valence electrons. The van der Waals surface area contributed by atoms with Gasteiger partial charge in [0.05, 0.1) is 29.5 Å². The number of rotatable bonds is 2. The minimum atomic E-state index is -0.919.